The summed E-state index contributed by atoms with van der Waals surface area (Å²) in [6.45, 7) is 1.90. The molecule has 0 spiro atoms. The van der Waals surface area contributed by atoms with Gasteiger partial charge in [-0.3, -0.25) is 23.8 Å². The molecule has 3 N–H and O–H groups in total. The molecule has 0 heterocycles. The van der Waals surface area contributed by atoms with Crippen molar-refractivity contribution < 1.29 is 28.4 Å². The highest BCUT2D eigenvalue weighted by Gasteiger charge is 2.28. The van der Waals surface area contributed by atoms with Gasteiger partial charge in [0.15, 0.2) is 0 Å². The Kier molecular flexibility index (Phi) is 9.88. The fraction of sp³-hybridized carbons (Fsp3) is 0.467. The van der Waals surface area contributed by atoms with E-state index in [1.54, 1.807) is 6.92 Å². The first-order chi connectivity index (χ1) is 12.0. The maximum atomic E-state index is 11.9. The minimum atomic E-state index is -2.83. The lowest BCUT2D eigenvalue weighted by Crippen LogP contribution is -2.48. The van der Waals surface area contributed by atoms with Crippen LogP contribution >= 0.6 is 0 Å². The molecule has 0 aromatic heterocycles. The molecule has 2 atom stereocenters. The Hall–Kier alpha value is -1.85. The molecular weight excluding hydrogens is 350 g/mol. The van der Waals surface area contributed by atoms with Crippen molar-refractivity contribution in [2.24, 2.45) is 0 Å². The second kappa shape index (κ2) is 11.7. The van der Waals surface area contributed by atoms with Gasteiger partial charge < -0.3 is 9.87 Å². The number of nitrogens with one attached hydrogen (secondary N) is 2. The standard InChI is InChI=1S/C15H23N3O6S/c1-2-10-24-18(25(22)23)13(15(20)17-21)8-9-16-14(19)11-12-6-4-3-5-7-12/h3-7,13,21H,2,8-11H2,1H3,(H,16,19)(H,17,20)(H,22,23)/p-1/t13-/m1/s1. The molecule has 0 saturated carbocycles. The molecule has 0 aliphatic rings. The summed E-state index contributed by atoms with van der Waals surface area (Å²) in [6.07, 6.45) is 0.640. The Morgan fingerprint density at radius 1 is 1.36 bits per heavy atom. The summed E-state index contributed by atoms with van der Waals surface area (Å²) >= 11 is -2.83. The van der Waals surface area contributed by atoms with Gasteiger partial charge in [0.25, 0.3) is 5.91 Å². The Balaban J connectivity index is 2.58. The van der Waals surface area contributed by atoms with E-state index in [2.05, 4.69) is 5.32 Å². The van der Waals surface area contributed by atoms with Crippen LogP contribution in [0.15, 0.2) is 30.3 Å². The van der Waals surface area contributed by atoms with Crippen LogP contribution in [0.25, 0.3) is 0 Å². The summed E-state index contributed by atoms with van der Waals surface area (Å²) in [5, 5.41) is 11.4. The van der Waals surface area contributed by atoms with Gasteiger partial charge in [0.2, 0.25) is 5.91 Å². The quantitative estimate of drug-likeness (QED) is 0.286. The van der Waals surface area contributed by atoms with E-state index < -0.39 is 23.2 Å². The van der Waals surface area contributed by atoms with E-state index in [1.165, 1.54) is 5.48 Å². The van der Waals surface area contributed by atoms with Crippen LogP contribution in [0.4, 0.5) is 0 Å². The number of hydrogen-bond donors (Lipinski definition) is 3. The van der Waals surface area contributed by atoms with Gasteiger partial charge in [0, 0.05) is 17.8 Å². The third kappa shape index (κ3) is 7.71. The minimum absolute atomic E-state index is 0.0347. The van der Waals surface area contributed by atoms with Crippen molar-refractivity contribution in [3.8, 4) is 0 Å². The number of carbonyl (C=O) groups excluding carboxylic acids is 2. The summed E-state index contributed by atoms with van der Waals surface area (Å²) in [6, 6.07) is 7.79. The Bertz CT molecular complexity index is 572. The fourth-order valence-electron chi connectivity index (χ4n) is 2.02. The largest absolute Gasteiger partial charge is 0.758 e. The van der Waals surface area contributed by atoms with Crippen LogP contribution in [0.2, 0.25) is 0 Å². The van der Waals surface area contributed by atoms with Gasteiger partial charge in [-0.25, -0.2) is 5.48 Å². The first-order valence-corrected chi connectivity index (χ1v) is 8.78. The lowest BCUT2D eigenvalue weighted by Gasteiger charge is -2.30. The van der Waals surface area contributed by atoms with Crippen LogP contribution in [-0.4, -0.2) is 49.4 Å². The number of hydrogen-bond acceptors (Lipinski definition) is 6. The topological polar surface area (TPSA) is 131 Å². The van der Waals surface area contributed by atoms with Crippen molar-refractivity contribution >= 4 is 23.1 Å². The molecule has 0 saturated heterocycles. The van der Waals surface area contributed by atoms with Crippen LogP contribution in [0, 0.1) is 0 Å². The van der Waals surface area contributed by atoms with Crippen molar-refractivity contribution in [3.05, 3.63) is 35.9 Å². The number of hydroxylamine groups is 2. The lowest BCUT2D eigenvalue weighted by atomic mass is 10.1. The van der Waals surface area contributed by atoms with Crippen LogP contribution in [-0.2, 0) is 32.1 Å². The van der Waals surface area contributed by atoms with Gasteiger partial charge in [0.1, 0.15) is 6.04 Å². The van der Waals surface area contributed by atoms with Crippen LogP contribution in [0.1, 0.15) is 25.3 Å². The molecule has 1 aromatic rings. The molecule has 0 bridgehead atoms. The van der Waals surface area contributed by atoms with Crippen molar-refractivity contribution in [2.75, 3.05) is 13.2 Å². The minimum Gasteiger partial charge on any atom is -0.758 e. The normalized spacial score (nSPS) is 13.3. The average molecular weight is 372 g/mol. The van der Waals surface area contributed by atoms with Gasteiger partial charge in [-0.2, -0.15) is 0 Å². The number of rotatable bonds is 11. The van der Waals surface area contributed by atoms with Crippen LogP contribution in [0.3, 0.4) is 0 Å². The molecule has 0 aliphatic heterocycles. The van der Waals surface area contributed by atoms with Gasteiger partial charge in [-0.1, -0.05) is 37.3 Å². The van der Waals surface area contributed by atoms with Gasteiger partial charge in [0.05, 0.1) is 13.0 Å². The Morgan fingerprint density at radius 2 is 2.04 bits per heavy atom. The summed E-state index contributed by atoms with van der Waals surface area (Å²) in [4.78, 5) is 28.6. The van der Waals surface area contributed by atoms with E-state index in [4.69, 9.17) is 10.0 Å². The molecule has 25 heavy (non-hydrogen) atoms. The van der Waals surface area contributed by atoms with Gasteiger partial charge in [-0.05, 0) is 18.4 Å². The average Bonchev–Trinajstić information content (AvgIpc) is 2.60. The molecule has 0 fully saturated rings. The molecule has 1 unspecified atom stereocenters. The molecular formula is C15H22N3O6S-. The van der Waals surface area contributed by atoms with E-state index in [0.29, 0.717) is 10.9 Å². The molecule has 10 heteroatoms. The highest BCUT2D eigenvalue weighted by atomic mass is 32.2. The molecule has 9 nitrogen and oxygen atoms in total. The number of amides is 2. The third-order valence-corrected chi connectivity index (χ3v) is 3.84. The molecule has 0 radical (unpaired) electrons. The summed E-state index contributed by atoms with van der Waals surface area (Å²) in [5.41, 5.74) is 2.24. The highest BCUT2D eigenvalue weighted by Crippen LogP contribution is 2.09. The smallest absolute Gasteiger partial charge is 0.264 e. The molecule has 0 aliphatic carbocycles. The number of carbonyl (C=O) groups is 2. The lowest BCUT2D eigenvalue weighted by molar-refractivity contribution is -0.155. The van der Waals surface area contributed by atoms with E-state index in [0.717, 1.165) is 5.56 Å². The second-order valence-corrected chi connectivity index (χ2v) is 5.92. The molecule has 2 amide bonds. The van der Waals surface area contributed by atoms with Crippen molar-refractivity contribution in [1.82, 2.24) is 15.3 Å². The second-order valence-electron chi connectivity index (χ2n) is 5.13. The Labute approximate surface area is 148 Å². The third-order valence-electron chi connectivity index (χ3n) is 3.18. The highest BCUT2D eigenvalue weighted by molar-refractivity contribution is 7.76. The fourth-order valence-corrected chi connectivity index (χ4v) is 2.59. The molecule has 1 rings (SSSR count). The van der Waals surface area contributed by atoms with Crippen molar-refractivity contribution in [3.63, 3.8) is 0 Å². The monoisotopic (exact) mass is 372 g/mol. The zero-order valence-corrected chi connectivity index (χ0v) is 14.7. The predicted molar refractivity (Wildman–Crippen MR) is 88.5 cm³/mol. The van der Waals surface area contributed by atoms with E-state index in [-0.39, 0.29) is 31.9 Å². The van der Waals surface area contributed by atoms with Crippen molar-refractivity contribution in [1.29, 1.82) is 0 Å². The van der Waals surface area contributed by atoms with Crippen LogP contribution < -0.4 is 10.8 Å². The van der Waals surface area contributed by atoms with E-state index in [1.807, 2.05) is 30.3 Å². The maximum absolute atomic E-state index is 11.9. The molecule has 1 aromatic carbocycles. The summed E-state index contributed by atoms with van der Waals surface area (Å²) in [5.74, 6) is -1.21. The van der Waals surface area contributed by atoms with E-state index >= 15 is 0 Å². The number of nitrogens with zero attached hydrogens (tertiary/aromatic N) is 1. The molecule has 140 valence electrons. The first kappa shape index (κ1) is 21.2. The number of benzene rings is 1. The zero-order chi connectivity index (χ0) is 18.7. The first-order valence-electron chi connectivity index (χ1n) is 7.75. The summed E-state index contributed by atoms with van der Waals surface area (Å²) in [7, 11) is 0. The zero-order valence-electron chi connectivity index (χ0n) is 13.8. The van der Waals surface area contributed by atoms with Crippen molar-refractivity contribution in [2.45, 2.75) is 32.2 Å². The van der Waals surface area contributed by atoms with Gasteiger partial charge in [-0.15, -0.1) is 4.47 Å². The van der Waals surface area contributed by atoms with Crippen LogP contribution in [0.5, 0.6) is 0 Å². The predicted octanol–water partition coefficient (Wildman–Crippen LogP) is 0.0471. The van der Waals surface area contributed by atoms with E-state index in [9.17, 15) is 18.4 Å². The SMILES string of the molecule is CCCON([C@H](CCNC(=O)Cc1ccccc1)C(=O)NO)S(=O)[O-]. The maximum Gasteiger partial charge on any atom is 0.264 e. The Morgan fingerprint density at radius 3 is 2.60 bits per heavy atom. The summed E-state index contributed by atoms with van der Waals surface area (Å²) < 4.78 is 23.0. The van der Waals surface area contributed by atoms with Gasteiger partial charge >= 0.3 is 0 Å².